The Hall–Kier alpha value is -1.88. The van der Waals surface area contributed by atoms with Crippen molar-refractivity contribution < 1.29 is 9.59 Å². The van der Waals surface area contributed by atoms with Crippen LogP contribution in [0.2, 0.25) is 0 Å². The van der Waals surface area contributed by atoms with E-state index in [1.807, 2.05) is 6.92 Å². The summed E-state index contributed by atoms with van der Waals surface area (Å²) in [5.74, 6) is -0.530. The molecule has 1 heterocycles. The Morgan fingerprint density at radius 2 is 2.26 bits per heavy atom. The fraction of sp³-hybridized carbons (Fsp3) is 0.429. The van der Waals surface area contributed by atoms with Gasteiger partial charge in [0.05, 0.1) is 0 Å². The fourth-order valence-corrected chi connectivity index (χ4v) is 2.27. The van der Waals surface area contributed by atoms with Crippen LogP contribution in [-0.2, 0) is 4.79 Å². The SMILES string of the molecule is Cc1ccc(C(N)=O)cc1NC(=O)CC1CCCN1. The minimum Gasteiger partial charge on any atom is -0.366 e. The topological polar surface area (TPSA) is 84.2 Å². The number of nitrogens with one attached hydrogen (secondary N) is 2. The van der Waals surface area contributed by atoms with Crippen LogP contribution in [0.1, 0.15) is 35.2 Å². The number of amides is 2. The van der Waals surface area contributed by atoms with E-state index in [-0.39, 0.29) is 11.9 Å². The standard InChI is InChI=1S/C14H19N3O2/c1-9-4-5-10(14(15)19)7-12(9)17-13(18)8-11-3-2-6-16-11/h4-5,7,11,16H,2-3,6,8H2,1H3,(H2,15,19)(H,17,18). The van der Waals surface area contributed by atoms with Crippen molar-refractivity contribution >= 4 is 17.5 Å². The van der Waals surface area contributed by atoms with Crippen LogP contribution in [0.15, 0.2) is 18.2 Å². The molecule has 1 atom stereocenters. The van der Waals surface area contributed by atoms with E-state index in [0.29, 0.717) is 17.7 Å². The Kier molecular flexibility index (Phi) is 4.16. The maximum Gasteiger partial charge on any atom is 0.248 e. The molecule has 1 saturated heterocycles. The van der Waals surface area contributed by atoms with Gasteiger partial charge in [0.25, 0.3) is 0 Å². The molecule has 1 fully saturated rings. The number of aryl methyl sites for hydroxylation is 1. The molecule has 1 unspecified atom stereocenters. The number of carbonyl (C=O) groups excluding carboxylic acids is 2. The zero-order chi connectivity index (χ0) is 13.8. The highest BCUT2D eigenvalue weighted by atomic mass is 16.2. The first-order chi connectivity index (χ1) is 9.06. The Morgan fingerprint density at radius 3 is 2.89 bits per heavy atom. The molecule has 0 bridgehead atoms. The lowest BCUT2D eigenvalue weighted by Gasteiger charge is -2.12. The van der Waals surface area contributed by atoms with Crippen molar-refractivity contribution in [3.8, 4) is 0 Å². The minimum atomic E-state index is -0.493. The van der Waals surface area contributed by atoms with Gasteiger partial charge in [0.2, 0.25) is 11.8 Å². The first kappa shape index (κ1) is 13.5. The summed E-state index contributed by atoms with van der Waals surface area (Å²) in [7, 11) is 0. The van der Waals surface area contributed by atoms with Crippen LogP contribution in [-0.4, -0.2) is 24.4 Å². The van der Waals surface area contributed by atoms with Gasteiger partial charge in [-0.05, 0) is 44.0 Å². The van der Waals surface area contributed by atoms with Crippen LogP contribution in [0.4, 0.5) is 5.69 Å². The van der Waals surface area contributed by atoms with Crippen molar-refractivity contribution in [1.29, 1.82) is 0 Å². The first-order valence-corrected chi connectivity index (χ1v) is 6.50. The third-order valence-electron chi connectivity index (χ3n) is 3.39. The second kappa shape index (κ2) is 5.84. The number of nitrogens with two attached hydrogens (primary N) is 1. The van der Waals surface area contributed by atoms with Crippen LogP contribution in [0.25, 0.3) is 0 Å². The molecule has 2 rings (SSSR count). The molecule has 1 aromatic carbocycles. The van der Waals surface area contributed by atoms with Gasteiger partial charge in [-0.25, -0.2) is 0 Å². The lowest BCUT2D eigenvalue weighted by Crippen LogP contribution is -2.27. The van der Waals surface area contributed by atoms with Crippen LogP contribution in [0.5, 0.6) is 0 Å². The van der Waals surface area contributed by atoms with Gasteiger partial charge in [-0.15, -0.1) is 0 Å². The van der Waals surface area contributed by atoms with E-state index in [4.69, 9.17) is 5.73 Å². The van der Waals surface area contributed by atoms with Gasteiger partial charge in [0.1, 0.15) is 0 Å². The molecule has 0 aromatic heterocycles. The number of primary amides is 1. The number of benzene rings is 1. The van der Waals surface area contributed by atoms with Gasteiger partial charge in [0.15, 0.2) is 0 Å². The van der Waals surface area contributed by atoms with E-state index in [1.54, 1.807) is 18.2 Å². The van der Waals surface area contributed by atoms with Crippen molar-refractivity contribution in [1.82, 2.24) is 5.32 Å². The third kappa shape index (κ3) is 3.54. The lowest BCUT2D eigenvalue weighted by atomic mass is 10.1. The summed E-state index contributed by atoms with van der Waals surface area (Å²) >= 11 is 0. The second-order valence-electron chi connectivity index (χ2n) is 4.94. The molecule has 102 valence electrons. The molecular weight excluding hydrogens is 242 g/mol. The minimum absolute atomic E-state index is 0.0379. The molecule has 19 heavy (non-hydrogen) atoms. The predicted molar refractivity (Wildman–Crippen MR) is 74.0 cm³/mol. The molecule has 1 aliphatic heterocycles. The molecule has 5 heteroatoms. The molecule has 1 aliphatic rings. The van der Waals surface area contributed by atoms with Gasteiger partial charge in [0, 0.05) is 23.7 Å². The fourth-order valence-electron chi connectivity index (χ4n) is 2.27. The number of hydrogen-bond acceptors (Lipinski definition) is 3. The quantitative estimate of drug-likeness (QED) is 0.760. The Morgan fingerprint density at radius 1 is 1.47 bits per heavy atom. The highest BCUT2D eigenvalue weighted by Gasteiger charge is 2.18. The summed E-state index contributed by atoms with van der Waals surface area (Å²) in [5, 5.41) is 6.13. The van der Waals surface area contributed by atoms with Crippen LogP contribution >= 0.6 is 0 Å². The molecule has 0 saturated carbocycles. The summed E-state index contributed by atoms with van der Waals surface area (Å²) in [6.07, 6.45) is 2.61. The number of anilines is 1. The maximum atomic E-state index is 11.9. The monoisotopic (exact) mass is 261 g/mol. The van der Waals surface area contributed by atoms with Crippen LogP contribution < -0.4 is 16.4 Å². The van der Waals surface area contributed by atoms with Crippen molar-refractivity contribution in [2.75, 3.05) is 11.9 Å². The van der Waals surface area contributed by atoms with E-state index >= 15 is 0 Å². The zero-order valence-electron chi connectivity index (χ0n) is 11.0. The molecule has 0 spiro atoms. The van der Waals surface area contributed by atoms with E-state index in [1.165, 1.54) is 0 Å². The van der Waals surface area contributed by atoms with Gasteiger partial charge >= 0.3 is 0 Å². The van der Waals surface area contributed by atoms with E-state index in [2.05, 4.69) is 10.6 Å². The number of hydrogen-bond donors (Lipinski definition) is 3. The highest BCUT2D eigenvalue weighted by Crippen LogP contribution is 2.18. The van der Waals surface area contributed by atoms with Gasteiger partial charge < -0.3 is 16.4 Å². The molecule has 5 nitrogen and oxygen atoms in total. The normalized spacial score (nSPS) is 18.3. The van der Waals surface area contributed by atoms with Crippen molar-refractivity contribution in [3.05, 3.63) is 29.3 Å². The summed E-state index contributed by atoms with van der Waals surface area (Å²) in [4.78, 5) is 23.1. The average Bonchev–Trinajstić information content (AvgIpc) is 2.84. The summed E-state index contributed by atoms with van der Waals surface area (Å²) in [5.41, 5.74) is 7.20. The zero-order valence-corrected chi connectivity index (χ0v) is 11.0. The smallest absolute Gasteiger partial charge is 0.248 e. The summed E-state index contributed by atoms with van der Waals surface area (Å²) in [6.45, 7) is 2.86. The van der Waals surface area contributed by atoms with E-state index in [0.717, 1.165) is 24.9 Å². The van der Waals surface area contributed by atoms with Crippen LogP contribution in [0.3, 0.4) is 0 Å². The Labute approximate surface area is 112 Å². The van der Waals surface area contributed by atoms with Gasteiger partial charge in [-0.3, -0.25) is 9.59 Å². The van der Waals surface area contributed by atoms with Gasteiger partial charge in [-0.1, -0.05) is 6.07 Å². The lowest BCUT2D eigenvalue weighted by molar-refractivity contribution is -0.116. The van der Waals surface area contributed by atoms with Gasteiger partial charge in [-0.2, -0.15) is 0 Å². The van der Waals surface area contributed by atoms with Crippen molar-refractivity contribution in [3.63, 3.8) is 0 Å². The first-order valence-electron chi connectivity index (χ1n) is 6.50. The van der Waals surface area contributed by atoms with E-state index < -0.39 is 5.91 Å². The summed E-state index contributed by atoms with van der Waals surface area (Å²) < 4.78 is 0. The van der Waals surface area contributed by atoms with Crippen molar-refractivity contribution in [2.45, 2.75) is 32.2 Å². The second-order valence-corrected chi connectivity index (χ2v) is 4.94. The number of carbonyl (C=O) groups is 2. The third-order valence-corrected chi connectivity index (χ3v) is 3.39. The molecule has 2 amide bonds. The van der Waals surface area contributed by atoms with Crippen molar-refractivity contribution in [2.24, 2.45) is 5.73 Å². The molecule has 4 N–H and O–H groups in total. The Bertz CT molecular complexity index is 493. The maximum absolute atomic E-state index is 11.9. The average molecular weight is 261 g/mol. The largest absolute Gasteiger partial charge is 0.366 e. The van der Waals surface area contributed by atoms with E-state index in [9.17, 15) is 9.59 Å². The van der Waals surface area contributed by atoms with Crippen LogP contribution in [0, 0.1) is 6.92 Å². The molecular formula is C14H19N3O2. The molecule has 1 aromatic rings. The summed E-state index contributed by atoms with van der Waals surface area (Å²) in [6, 6.07) is 5.33. The number of rotatable bonds is 4. The molecule has 0 aliphatic carbocycles. The highest BCUT2D eigenvalue weighted by molar-refractivity contribution is 5.97. The predicted octanol–water partition coefficient (Wildman–Crippen LogP) is 1.17. The molecule has 0 radical (unpaired) electrons. The Balaban J connectivity index is 2.02.